The summed E-state index contributed by atoms with van der Waals surface area (Å²) in [6.45, 7) is 0.341. The number of aliphatic carboxylic acids is 1. The lowest BCUT2D eigenvalue weighted by atomic mass is 10.1. The predicted octanol–water partition coefficient (Wildman–Crippen LogP) is 5.41. The summed E-state index contributed by atoms with van der Waals surface area (Å²) in [7, 11) is 0. The summed E-state index contributed by atoms with van der Waals surface area (Å²) >= 11 is 0. The van der Waals surface area contributed by atoms with Gasteiger partial charge in [0.25, 0.3) is 0 Å². The minimum Gasteiger partial charge on any atom is -0.478 e. The molecule has 0 fully saturated rings. The molecule has 0 amide bonds. The van der Waals surface area contributed by atoms with Crippen LogP contribution in [0.25, 0.3) is 0 Å². The molecule has 0 saturated carbocycles. The SMILES string of the molecule is O=C(O)\C=C/C=C/C=C/CCCCCCCCCCCCCO. The lowest BCUT2D eigenvalue weighted by molar-refractivity contribution is -0.131. The summed E-state index contributed by atoms with van der Waals surface area (Å²) in [6.07, 6.45) is 25.4. The third-order valence-electron chi connectivity index (χ3n) is 3.74. The molecule has 0 aromatic heterocycles. The molecule has 0 aromatic carbocycles. The van der Waals surface area contributed by atoms with E-state index in [2.05, 4.69) is 6.08 Å². The number of unbranched alkanes of at least 4 members (excludes halogenated alkanes) is 11. The summed E-state index contributed by atoms with van der Waals surface area (Å²) in [4.78, 5) is 10.2. The van der Waals surface area contributed by atoms with Crippen molar-refractivity contribution >= 4 is 5.97 Å². The molecule has 0 radical (unpaired) electrons. The monoisotopic (exact) mass is 322 g/mol. The second kappa shape index (κ2) is 18.7. The van der Waals surface area contributed by atoms with Gasteiger partial charge in [0.1, 0.15) is 0 Å². The Morgan fingerprint density at radius 1 is 0.652 bits per heavy atom. The number of carboxylic acid groups (broad SMARTS) is 1. The second-order valence-electron chi connectivity index (χ2n) is 5.91. The molecule has 0 bridgehead atoms. The molecule has 0 spiro atoms. The standard InChI is InChI=1S/C20H34O3/c21-19-17-15-13-11-9-7-5-3-1-2-4-6-8-10-12-14-16-18-20(22)23/h8,10,12,14,16,18,21H,1-7,9,11,13,15,17,19H2,(H,22,23)/b10-8+,14-12+,18-16-. The zero-order valence-electron chi connectivity index (χ0n) is 14.5. The average Bonchev–Trinajstić information content (AvgIpc) is 2.53. The Morgan fingerprint density at radius 2 is 1.13 bits per heavy atom. The van der Waals surface area contributed by atoms with Gasteiger partial charge >= 0.3 is 5.97 Å². The highest BCUT2D eigenvalue weighted by Gasteiger charge is 1.92. The maximum absolute atomic E-state index is 10.2. The largest absolute Gasteiger partial charge is 0.478 e. The molecule has 0 aliphatic carbocycles. The van der Waals surface area contributed by atoms with Crippen LogP contribution in [-0.2, 0) is 4.79 Å². The Labute approximate surface area is 141 Å². The topological polar surface area (TPSA) is 57.5 Å². The summed E-state index contributed by atoms with van der Waals surface area (Å²) in [6, 6.07) is 0. The van der Waals surface area contributed by atoms with Crippen molar-refractivity contribution in [2.75, 3.05) is 6.61 Å². The van der Waals surface area contributed by atoms with Crippen LogP contribution in [0, 0.1) is 0 Å². The highest BCUT2D eigenvalue weighted by molar-refractivity contribution is 5.80. The first-order valence-electron chi connectivity index (χ1n) is 9.11. The van der Waals surface area contributed by atoms with Crippen molar-refractivity contribution in [3.63, 3.8) is 0 Å². The summed E-state index contributed by atoms with van der Waals surface area (Å²) in [5.74, 6) is -0.916. The van der Waals surface area contributed by atoms with E-state index >= 15 is 0 Å². The number of hydrogen-bond donors (Lipinski definition) is 2. The molecule has 3 nitrogen and oxygen atoms in total. The number of allylic oxidation sites excluding steroid dienone is 5. The molecule has 132 valence electrons. The van der Waals surface area contributed by atoms with Gasteiger partial charge in [-0.15, -0.1) is 0 Å². The van der Waals surface area contributed by atoms with Crippen LogP contribution in [0.15, 0.2) is 36.5 Å². The Bertz CT molecular complexity index is 343. The van der Waals surface area contributed by atoms with Gasteiger partial charge in [0.15, 0.2) is 0 Å². The molecule has 0 unspecified atom stereocenters. The molecule has 3 heteroatoms. The zero-order valence-corrected chi connectivity index (χ0v) is 14.5. The molecular weight excluding hydrogens is 288 g/mol. The summed E-state index contributed by atoms with van der Waals surface area (Å²) in [5, 5.41) is 17.1. The molecule has 0 atom stereocenters. The van der Waals surface area contributed by atoms with Crippen molar-refractivity contribution in [1.82, 2.24) is 0 Å². The van der Waals surface area contributed by atoms with Gasteiger partial charge in [-0.05, 0) is 19.3 Å². The molecule has 0 aromatic rings. The molecule has 0 aliphatic rings. The van der Waals surface area contributed by atoms with Gasteiger partial charge in [-0.3, -0.25) is 0 Å². The van der Waals surface area contributed by atoms with Crippen LogP contribution in [0.1, 0.15) is 77.0 Å². The van der Waals surface area contributed by atoms with E-state index in [9.17, 15) is 4.79 Å². The molecule has 0 heterocycles. The van der Waals surface area contributed by atoms with Crippen LogP contribution >= 0.6 is 0 Å². The van der Waals surface area contributed by atoms with E-state index in [-0.39, 0.29) is 0 Å². The Morgan fingerprint density at radius 3 is 1.65 bits per heavy atom. The zero-order chi connectivity index (χ0) is 17.0. The van der Waals surface area contributed by atoms with Gasteiger partial charge < -0.3 is 10.2 Å². The van der Waals surface area contributed by atoms with Crippen LogP contribution in [0.2, 0.25) is 0 Å². The highest BCUT2D eigenvalue weighted by atomic mass is 16.4. The maximum atomic E-state index is 10.2. The van der Waals surface area contributed by atoms with Crippen LogP contribution in [0.5, 0.6) is 0 Å². The minimum absolute atomic E-state index is 0.341. The predicted molar refractivity (Wildman–Crippen MR) is 97.5 cm³/mol. The van der Waals surface area contributed by atoms with E-state index < -0.39 is 5.97 Å². The normalized spacial score (nSPS) is 12.0. The van der Waals surface area contributed by atoms with Crippen molar-refractivity contribution in [2.24, 2.45) is 0 Å². The van der Waals surface area contributed by atoms with Crippen LogP contribution < -0.4 is 0 Å². The Hall–Kier alpha value is -1.35. The van der Waals surface area contributed by atoms with E-state index in [4.69, 9.17) is 10.2 Å². The third kappa shape index (κ3) is 20.6. The van der Waals surface area contributed by atoms with Crippen LogP contribution in [-0.4, -0.2) is 22.8 Å². The maximum Gasteiger partial charge on any atom is 0.328 e. The summed E-state index contributed by atoms with van der Waals surface area (Å²) in [5.41, 5.74) is 0. The van der Waals surface area contributed by atoms with Gasteiger partial charge in [0, 0.05) is 12.7 Å². The van der Waals surface area contributed by atoms with E-state index in [1.54, 1.807) is 6.08 Å². The fraction of sp³-hybridized carbons (Fsp3) is 0.650. The lowest BCUT2D eigenvalue weighted by Crippen LogP contribution is -1.84. The van der Waals surface area contributed by atoms with Gasteiger partial charge in [0.05, 0.1) is 0 Å². The fourth-order valence-electron chi connectivity index (χ4n) is 2.41. The minimum atomic E-state index is -0.916. The van der Waals surface area contributed by atoms with Gasteiger partial charge in [-0.1, -0.05) is 88.2 Å². The number of hydrogen-bond acceptors (Lipinski definition) is 2. The van der Waals surface area contributed by atoms with E-state index in [1.165, 1.54) is 70.3 Å². The summed E-state index contributed by atoms with van der Waals surface area (Å²) < 4.78 is 0. The number of carbonyl (C=O) groups is 1. The second-order valence-corrected chi connectivity index (χ2v) is 5.91. The van der Waals surface area contributed by atoms with Crippen molar-refractivity contribution in [3.8, 4) is 0 Å². The molecule has 0 saturated heterocycles. The Kier molecular flexibility index (Phi) is 17.6. The highest BCUT2D eigenvalue weighted by Crippen LogP contribution is 2.12. The smallest absolute Gasteiger partial charge is 0.328 e. The first-order valence-corrected chi connectivity index (χ1v) is 9.11. The number of aliphatic hydroxyl groups is 1. The molecule has 2 N–H and O–H groups in total. The van der Waals surface area contributed by atoms with Crippen molar-refractivity contribution < 1.29 is 15.0 Å². The number of rotatable bonds is 16. The quantitative estimate of drug-likeness (QED) is 0.227. The number of aliphatic hydroxyl groups excluding tert-OH is 1. The Balaban J connectivity index is 3.20. The van der Waals surface area contributed by atoms with Gasteiger partial charge in [0.2, 0.25) is 0 Å². The first kappa shape index (κ1) is 21.6. The lowest BCUT2D eigenvalue weighted by Gasteiger charge is -2.02. The average molecular weight is 322 g/mol. The van der Waals surface area contributed by atoms with E-state index in [1.807, 2.05) is 12.2 Å². The van der Waals surface area contributed by atoms with Crippen LogP contribution in [0.4, 0.5) is 0 Å². The first-order chi connectivity index (χ1) is 11.3. The third-order valence-corrected chi connectivity index (χ3v) is 3.74. The van der Waals surface area contributed by atoms with Crippen LogP contribution in [0.3, 0.4) is 0 Å². The van der Waals surface area contributed by atoms with Crippen molar-refractivity contribution in [3.05, 3.63) is 36.5 Å². The fourth-order valence-corrected chi connectivity index (χ4v) is 2.41. The van der Waals surface area contributed by atoms with E-state index in [0.29, 0.717) is 6.61 Å². The molecular formula is C20H34O3. The molecule has 0 aliphatic heterocycles. The molecule has 23 heavy (non-hydrogen) atoms. The van der Waals surface area contributed by atoms with E-state index in [0.717, 1.165) is 18.9 Å². The van der Waals surface area contributed by atoms with Gasteiger partial charge in [-0.2, -0.15) is 0 Å². The molecule has 0 rings (SSSR count). The van der Waals surface area contributed by atoms with Crippen molar-refractivity contribution in [1.29, 1.82) is 0 Å². The van der Waals surface area contributed by atoms with Crippen molar-refractivity contribution in [2.45, 2.75) is 77.0 Å². The van der Waals surface area contributed by atoms with Gasteiger partial charge in [-0.25, -0.2) is 4.79 Å². The number of carboxylic acids is 1.